The lowest BCUT2D eigenvalue weighted by Crippen LogP contribution is -2.18. The van der Waals surface area contributed by atoms with Crippen LogP contribution in [0.3, 0.4) is 0 Å². The highest BCUT2D eigenvalue weighted by atomic mass is 19.1. The minimum Gasteiger partial charge on any atom is -0.494 e. The van der Waals surface area contributed by atoms with Gasteiger partial charge >= 0.3 is 0 Å². The third-order valence-electron chi connectivity index (χ3n) is 6.39. The van der Waals surface area contributed by atoms with E-state index in [9.17, 15) is 0 Å². The van der Waals surface area contributed by atoms with Gasteiger partial charge in [-0.15, -0.1) is 0 Å². The van der Waals surface area contributed by atoms with E-state index < -0.39 is 11.9 Å². The topological polar surface area (TPSA) is 93.2 Å². The van der Waals surface area contributed by atoms with Gasteiger partial charge in [0.05, 0.1) is 24.4 Å². The molecule has 2 aromatic carbocycles. The average molecular weight is 491 g/mol. The molecule has 190 valence electrons. The lowest BCUT2D eigenvalue weighted by atomic mass is 9.98. The maximum absolute atomic E-state index is 16.0. The zero-order valence-electron chi connectivity index (χ0n) is 21.2. The second kappa shape index (κ2) is 11.4. The van der Waals surface area contributed by atoms with Gasteiger partial charge in [-0.25, -0.2) is 4.39 Å². The van der Waals surface area contributed by atoms with E-state index in [4.69, 9.17) is 25.6 Å². The molecule has 1 aliphatic rings. The van der Waals surface area contributed by atoms with Gasteiger partial charge in [0.25, 0.3) is 0 Å². The Labute approximate surface area is 212 Å². The van der Waals surface area contributed by atoms with Crippen molar-refractivity contribution in [1.29, 1.82) is 5.41 Å². The molecule has 0 radical (unpaired) electrons. The van der Waals surface area contributed by atoms with Gasteiger partial charge in [0, 0.05) is 34.5 Å². The highest BCUT2D eigenvalue weighted by Crippen LogP contribution is 2.38. The number of rotatable bonds is 10. The van der Waals surface area contributed by atoms with Crippen molar-refractivity contribution < 1.29 is 13.9 Å². The van der Waals surface area contributed by atoms with Crippen LogP contribution in [0, 0.1) is 11.2 Å². The van der Waals surface area contributed by atoms with Gasteiger partial charge in [0.15, 0.2) is 11.6 Å². The summed E-state index contributed by atoms with van der Waals surface area (Å²) in [5, 5.41) is 11.1. The number of aromatic nitrogens is 1. The van der Waals surface area contributed by atoms with Crippen LogP contribution in [-0.4, -0.2) is 23.5 Å². The SMILES string of the molecule is CCOc1cc(OC(C)C)c(F)c(C(Nc2ccc(C(=N)N)cc2)c2cccc(C3CCCC3)n2)c1. The van der Waals surface area contributed by atoms with E-state index in [2.05, 4.69) is 11.4 Å². The van der Waals surface area contributed by atoms with Crippen molar-refractivity contribution in [3.8, 4) is 11.5 Å². The molecule has 1 aliphatic carbocycles. The van der Waals surface area contributed by atoms with Crippen LogP contribution in [-0.2, 0) is 0 Å². The standard InChI is InChI=1S/C29H35FN4O2/c1-4-35-22-16-23(27(30)26(17-22)36-18(2)3)28(33-21-14-12-20(13-15-21)29(31)32)25-11-7-10-24(34-25)19-8-5-6-9-19/h7,10-19,28,33H,4-6,8-9H2,1-3H3,(H3,31,32). The van der Waals surface area contributed by atoms with Crippen molar-refractivity contribution >= 4 is 11.5 Å². The molecule has 0 aliphatic heterocycles. The molecule has 36 heavy (non-hydrogen) atoms. The molecule has 0 amide bonds. The number of hydrogen-bond donors (Lipinski definition) is 3. The molecule has 1 unspecified atom stereocenters. The summed E-state index contributed by atoms with van der Waals surface area (Å²) in [6.07, 6.45) is 4.48. The van der Waals surface area contributed by atoms with Crippen LogP contribution in [0.5, 0.6) is 11.5 Å². The average Bonchev–Trinajstić information content (AvgIpc) is 3.40. The van der Waals surface area contributed by atoms with Gasteiger partial charge < -0.3 is 20.5 Å². The highest BCUT2D eigenvalue weighted by molar-refractivity contribution is 5.95. The first-order valence-corrected chi connectivity index (χ1v) is 12.7. The van der Waals surface area contributed by atoms with E-state index in [0.717, 1.165) is 29.9 Å². The van der Waals surface area contributed by atoms with E-state index in [1.54, 1.807) is 24.3 Å². The molecule has 1 atom stereocenters. The van der Waals surface area contributed by atoms with Crippen molar-refractivity contribution in [2.75, 3.05) is 11.9 Å². The Morgan fingerprint density at radius 1 is 1.14 bits per heavy atom. The fourth-order valence-corrected chi connectivity index (χ4v) is 4.70. The number of ether oxygens (including phenoxy) is 2. The first-order valence-electron chi connectivity index (χ1n) is 12.7. The van der Waals surface area contributed by atoms with E-state index in [1.165, 1.54) is 12.8 Å². The molecular weight excluding hydrogens is 455 g/mol. The fourth-order valence-electron chi connectivity index (χ4n) is 4.70. The molecule has 1 aromatic heterocycles. The van der Waals surface area contributed by atoms with Gasteiger partial charge in [0.1, 0.15) is 11.6 Å². The molecule has 0 spiro atoms. The summed E-state index contributed by atoms with van der Waals surface area (Å²) in [6, 6.07) is 15.9. The van der Waals surface area contributed by atoms with Gasteiger partial charge in [0.2, 0.25) is 0 Å². The van der Waals surface area contributed by atoms with Crippen molar-refractivity contribution in [3.05, 3.63) is 82.9 Å². The highest BCUT2D eigenvalue weighted by Gasteiger charge is 2.26. The van der Waals surface area contributed by atoms with Gasteiger partial charge in [-0.1, -0.05) is 18.9 Å². The molecule has 4 rings (SSSR count). The Hall–Kier alpha value is -3.61. The molecule has 0 bridgehead atoms. The van der Waals surface area contributed by atoms with Gasteiger partial charge in [-0.05, 0) is 76.1 Å². The van der Waals surface area contributed by atoms with E-state index in [0.29, 0.717) is 29.4 Å². The lowest BCUT2D eigenvalue weighted by Gasteiger charge is -2.24. The number of hydrogen-bond acceptors (Lipinski definition) is 5. The van der Waals surface area contributed by atoms with Crippen molar-refractivity contribution in [1.82, 2.24) is 4.98 Å². The number of amidine groups is 1. The number of nitrogen functional groups attached to an aromatic ring is 1. The molecule has 0 saturated heterocycles. The third kappa shape index (κ3) is 5.96. The van der Waals surface area contributed by atoms with Gasteiger partial charge in [-0.3, -0.25) is 10.4 Å². The normalized spacial score (nSPS) is 14.6. The third-order valence-corrected chi connectivity index (χ3v) is 6.39. The Balaban J connectivity index is 1.81. The van der Waals surface area contributed by atoms with Crippen molar-refractivity contribution in [2.45, 2.75) is 64.5 Å². The summed E-state index contributed by atoms with van der Waals surface area (Å²) >= 11 is 0. The van der Waals surface area contributed by atoms with E-state index in [-0.39, 0.29) is 17.7 Å². The van der Waals surface area contributed by atoms with Crippen LogP contribution in [0.2, 0.25) is 0 Å². The summed E-state index contributed by atoms with van der Waals surface area (Å²) in [4.78, 5) is 5.02. The quantitative estimate of drug-likeness (QED) is 0.221. The minimum absolute atomic E-state index is 0.00466. The summed E-state index contributed by atoms with van der Waals surface area (Å²) < 4.78 is 27.6. The Morgan fingerprint density at radius 3 is 2.50 bits per heavy atom. The van der Waals surface area contributed by atoms with Crippen molar-refractivity contribution in [3.63, 3.8) is 0 Å². The smallest absolute Gasteiger partial charge is 0.171 e. The number of anilines is 1. The summed E-state index contributed by atoms with van der Waals surface area (Å²) in [5.41, 5.74) is 9.15. The molecular formula is C29H35FN4O2. The zero-order chi connectivity index (χ0) is 25.7. The Morgan fingerprint density at radius 2 is 1.86 bits per heavy atom. The zero-order valence-corrected chi connectivity index (χ0v) is 21.2. The van der Waals surface area contributed by atoms with Crippen LogP contribution >= 0.6 is 0 Å². The maximum Gasteiger partial charge on any atom is 0.171 e. The van der Waals surface area contributed by atoms with Crippen LogP contribution in [0.15, 0.2) is 54.6 Å². The Bertz CT molecular complexity index is 1190. The van der Waals surface area contributed by atoms with Crippen LogP contribution in [0.1, 0.15) is 80.9 Å². The number of nitrogens with one attached hydrogen (secondary N) is 2. The Kier molecular flexibility index (Phi) is 8.08. The number of benzene rings is 2. The first kappa shape index (κ1) is 25.5. The fraction of sp³-hybridized carbons (Fsp3) is 0.379. The molecule has 4 N–H and O–H groups in total. The number of nitrogens with two attached hydrogens (primary N) is 1. The predicted molar refractivity (Wildman–Crippen MR) is 142 cm³/mol. The van der Waals surface area contributed by atoms with Crippen LogP contribution in [0.25, 0.3) is 0 Å². The first-order chi connectivity index (χ1) is 17.4. The molecule has 7 heteroatoms. The second-order valence-corrected chi connectivity index (χ2v) is 9.46. The second-order valence-electron chi connectivity index (χ2n) is 9.46. The number of halogens is 1. The molecule has 3 aromatic rings. The summed E-state index contributed by atoms with van der Waals surface area (Å²) in [5.74, 6) is 0.666. The predicted octanol–water partition coefficient (Wildman–Crippen LogP) is 6.55. The van der Waals surface area contributed by atoms with Crippen molar-refractivity contribution in [2.24, 2.45) is 5.73 Å². The van der Waals surface area contributed by atoms with Crippen LogP contribution < -0.4 is 20.5 Å². The van der Waals surface area contributed by atoms with Crippen LogP contribution in [0.4, 0.5) is 10.1 Å². The molecule has 1 heterocycles. The lowest BCUT2D eigenvalue weighted by molar-refractivity contribution is 0.228. The van der Waals surface area contributed by atoms with E-state index in [1.807, 2.05) is 45.0 Å². The molecule has 1 fully saturated rings. The monoisotopic (exact) mass is 490 g/mol. The summed E-state index contributed by atoms with van der Waals surface area (Å²) in [7, 11) is 0. The number of pyridine rings is 1. The maximum atomic E-state index is 16.0. The largest absolute Gasteiger partial charge is 0.494 e. The summed E-state index contributed by atoms with van der Waals surface area (Å²) in [6.45, 7) is 6.08. The van der Waals surface area contributed by atoms with E-state index >= 15 is 4.39 Å². The molecule has 1 saturated carbocycles. The number of nitrogens with zero attached hydrogens (tertiary/aromatic N) is 1. The molecule has 6 nitrogen and oxygen atoms in total. The van der Waals surface area contributed by atoms with Gasteiger partial charge in [-0.2, -0.15) is 0 Å². The minimum atomic E-state index is -0.593.